The highest BCUT2D eigenvalue weighted by Crippen LogP contribution is 2.43. The van der Waals surface area contributed by atoms with E-state index in [-0.39, 0.29) is 11.7 Å². The van der Waals surface area contributed by atoms with Gasteiger partial charge in [-0.2, -0.15) is 0 Å². The molecule has 132 valence electrons. The summed E-state index contributed by atoms with van der Waals surface area (Å²) in [6, 6.07) is 6.13. The van der Waals surface area contributed by atoms with Crippen LogP contribution in [0.4, 0.5) is 10.5 Å². The van der Waals surface area contributed by atoms with Crippen LogP contribution in [0.25, 0.3) is 0 Å². The minimum atomic E-state index is -0.268. The molecule has 1 saturated heterocycles. The van der Waals surface area contributed by atoms with Crippen molar-refractivity contribution >= 4 is 11.7 Å². The summed E-state index contributed by atoms with van der Waals surface area (Å²) in [5, 5.41) is 4.91. The van der Waals surface area contributed by atoms with Crippen LogP contribution in [0.5, 0.6) is 0 Å². The van der Waals surface area contributed by atoms with E-state index in [1.54, 1.807) is 5.01 Å². The summed E-state index contributed by atoms with van der Waals surface area (Å²) >= 11 is 0. The first-order chi connectivity index (χ1) is 11.3. The number of carbonyl (C=O) groups is 1. The average molecular weight is 329 g/mol. The van der Waals surface area contributed by atoms with Gasteiger partial charge < -0.3 is 5.32 Å². The number of carbonyl (C=O) groups excluding carboxylic acids is 1. The van der Waals surface area contributed by atoms with Crippen molar-refractivity contribution < 1.29 is 4.79 Å². The van der Waals surface area contributed by atoms with Crippen LogP contribution >= 0.6 is 0 Å². The second-order valence-corrected chi connectivity index (χ2v) is 8.34. The van der Waals surface area contributed by atoms with Crippen LogP contribution in [-0.4, -0.2) is 11.7 Å². The number of rotatable bonds is 3. The van der Waals surface area contributed by atoms with Crippen LogP contribution in [0, 0.1) is 25.2 Å². The molecule has 4 heteroatoms. The lowest BCUT2D eigenvalue weighted by atomic mass is 9.67. The largest absolute Gasteiger partial charge is 0.338 e. The predicted molar refractivity (Wildman–Crippen MR) is 98.8 cm³/mol. The Kier molecular flexibility index (Phi) is 4.37. The third-order valence-electron chi connectivity index (χ3n) is 6.48. The van der Waals surface area contributed by atoms with Gasteiger partial charge in [-0.3, -0.25) is 0 Å². The molecule has 2 amide bonds. The molecular weight excluding hydrogens is 298 g/mol. The normalized spacial score (nSPS) is 27.6. The SMILES string of the molecule is CCC(C)(C)C1CCC2(CC1)NC(=O)N(c1ccc(C)c(C)c1)N2. The average Bonchev–Trinajstić information content (AvgIpc) is 2.86. The fourth-order valence-corrected chi connectivity index (χ4v) is 4.02. The molecule has 0 unspecified atom stereocenters. The molecule has 0 aromatic heterocycles. The molecule has 24 heavy (non-hydrogen) atoms. The molecule has 1 aliphatic carbocycles. The summed E-state index contributed by atoms with van der Waals surface area (Å²) in [6.07, 6.45) is 5.52. The zero-order valence-electron chi connectivity index (χ0n) is 15.7. The lowest BCUT2D eigenvalue weighted by molar-refractivity contribution is 0.0985. The van der Waals surface area contributed by atoms with Gasteiger partial charge in [-0.15, -0.1) is 0 Å². The Morgan fingerprint density at radius 3 is 2.46 bits per heavy atom. The number of anilines is 1. The van der Waals surface area contributed by atoms with Crippen LogP contribution in [0.15, 0.2) is 18.2 Å². The maximum atomic E-state index is 12.5. The molecule has 2 N–H and O–H groups in total. The van der Waals surface area contributed by atoms with E-state index in [9.17, 15) is 4.79 Å². The molecule has 1 saturated carbocycles. The number of hydrogen-bond donors (Lipinski definition) is 2. The van der Waals surface area contributed by atoms with Crippen molar-refractivity contribution in [3.05, 3.63) is 29.3 Å². The second-order valence-electron chi connectivity index (χ2n) is 8.34. The quantitative estimate of drug-likeness (QED) is 0.847. The predicted octanol–water partition coefficient (Wildman–Crippen LogP) is 4.66. The molecule has 0 atom stereocenters. The van der Waals surface area contributed by atoms with Crippen LogP contribution in [0.3, 0.4) is 0 Å². The molecule has 4 nitrogen and oxygen atoms in total. The first-order valence-electron chi connectivity index (χ1n) is 9.24. The number of hydrogen-bond acceptors (Lipinski definition) is 2. The molecule has 1 aliphatic heterocycles. The minimum absolute atomic E-state index is 0.0357. The van der Waals surface area contributed by atoms with Crippen molar-refractivity contribution in [1.29, 1.82) is 0 Å². The third-order valence-corrected chi connectivity index (χ3v) is 6.48. The van der Waals surface area contributed by atoms with Gasteiger partial charge in [0.25, 0.3) is 0 Å². The molecule has 1 heterocycles. The highest BCUT2D eigenvalue weighted by atomic mass is 16.2. The van der Waals surface area contributed by atoms with Gasteiger partial charge in [0.15, 0.2) is 0 Å². The fraction of sp³-hybridized carbons (Fsp3) is 0.650. The topological polar surface area (TPSA) is 44.4 Å². The standard InChI is InChI=1S/C20H31N3O/c1-6-19(4,5)16-9-11-20(12-10-16)21-18(24)23(22-20)17-8-7-14(2)15(3)13-17/h7-8,13,16,22H,6,9-12H2,1-5H3,(H,21,24). The van der Waals surface area contributed by atoms with Crippen molar-refractivity contribution in [2.75, 3.05) is 5.01 Å². The highest BCUT2D eigenvalue weighted by Gasteiger charge is 2.46. The zero-order valence-corrected chi connectivity index (χ0v) is 15.7. The summed E-state index contributed by atoms with van der Waals surface area (Å²) < 4.78 is 0. The van der Waals surface area contributed by atoms with Crippen molar-refractivity contribution in [2.45, 2.75) is 72.4 Å². The van der Waals surface area contributed by atoms with Gasteiger partial charge in [-0.05, 0) is 74.1 Å². The number of aryl methyl sites for hydroxylation is 2. The molecule has 1 spiro atoms. The Morgan fingerprint density at radius 1 is 1.21 bits per heavy atom. The minimum Gasteiger partial charge on any atom is -0.317 e. The first-order valence-corrected chi connectivity index (χ1v) is 9.24. The molecule has 1 aromatic rings. The third kappa shape index (κ3) is 3.04. The highest BCUT2D eigenvalue weighted by molar-refractivity contribution is 5.94. The van der Waals surface area contributed by atoms with E-state index < -0.39 is 0 Å². The van der Waals surface area contributed by atoms with Crippen LogP contribution in [0.1, 0.15) is 64.0 Å². The number of nitrogens with one attached hydrogen (secondary N) is 2. The summed E-state index contributed by atoms with van der Waals surface area (Å²) in [4.78, 5) is 12.5. The molecule has 2 fully saturated rings. The van der Waals surface area contributed by atoms with Crippen LogP contribution in [0.2, 0.25) is 0 Å². The van der Waals surface area contributed by atoms with E-state index in [1.807, 2.05) is 6.07 Å². The van der Waals surface area contributed by atoms with Gasteiger partial charge in [-0.1, -0.05) is 33.3 Å². The Hall–Kier alpha value is -1.55. The lowest BCUT2D eigenvalue weighted by Crippen LogP contribution is -2.54. The van der Waals surface area contributed by atoms with Crippen molar-refractivity contribution in [2.24, 2.45) is 11.3 Å². The molecule has 0 radical (unpaired) electrons. The molecule has 3 rings (SSSR count). The Bertz CT molecular complexity index is 630. The van der Waals surface area contributed by atoms with E-state index >= 15 is 0 Å². The maximum absolute atomic E-state index is 12.5. The summed E-state index contributed by atoms with van der Waals surface area (Å²) in [6.45, 7) is 11.2. The fourth-order valence-electron chi connectivity index (χ4n) is 4.02. The summed E-state index contributed by atoms with van der Waals surface area (Å²) in [7, 11) is 0. The van der Waals surface area contributed by atoms with Gasteiger partial charge in [0.05, 0.1) is 5.69 Å². The Balaban J connectivity index is 1.72. The molecule has 0 bridgehead atoms. The van der Waals surface area contributed by atoms with E-state index in [2.05, 4.69) is 57.5 Å². The zero-order chi connectivity index (χ0) is 17.5. The molecule has 2 aliphatic rings. The smallest absolute Gasteiger partial charge is 0.317 e. The lowest BCUT2D eigenvalue weighted by Gasteiger charge is -2.43. The van der Waals surface area contributed by atoms with Gasteiger partial charge in [-0.25, -0.2) is 15.2 Å². The van der Waals surface area contributed by atoms with E-state index in [1.165, 1.54) is 17.5 Å². The number of amides is 2. The monoisotopic (exact) mass is 329 g/mol. The Labute approximate surface area is 146 Å². The van der Waals surface area contributed by atoms with E-state index in [0.717, 1.165) is 37.3 Å². The maximum Gasteiger partial charge on any atom is 0.338 e. The molecule has 1 aromatic carbocycles. The van der Waals surface area contributed by atoms with Crippen molar-refractivity contribution in [3.8, 4) is 0 Å². The summed E-state index contributed by atoms with van der Waals surface area (Å²) in [5.74, 6) is 0.738. The Morgan fingerprint density at radius 2 is 1.88 bits per heavy atom. The number of benzene rings is 1. The van der Waals surface area contributed by atoms with Gasteiger partial charge in [0.2, 0.25) is 0 Å². The number of nitrogens with zero attached hydrogens (tertiary/aromatic N) is 1. The van der Waals surface area contributed by atoms with Crippen molar-refractivity contribution in [3.63, 3.8) is 0 Å². The van der Waals surface area contributed by atoms with E-state index in [0.29, 0.717) is 5.41 Å². The van der Waals surface area contributed by atoms with Crippen LogP contribution < -0.4 is 15.8 Å². The van der Waals surface area contributed by atoms with Gasteiger partial charge >= 0.3 is 6.03 Å². The van der Waals surface area contributed by atoms with Crippen LogP contribution in [-0.2, 0) is 0 Å². The second kappa shape index (κ2) is 6.07. The number of hydrazine groups is 1. The van der Waals surface area contributed by atoms with Gasteiger partial charge in [0, 0.05) is 0 Å². The summed E-state index contributed by atoms with van der Waals surface area (Å²) in [5.41, 5.74) is 6.97. The van der Waals surface area contributed by atoms with Gasteiger partial charge in [0.1, 0.15) is 5.66 Å². The number of urea groups is 1. The van der Waals surface area contributed by atoms with Crippen molar-refractivity contribution in [1.82, 2.24) is 10.7 Å². The first kappa shape index (κ1) is 17.3. The van der Waals surface area contributed by atoms with E-state index in [4.69, 9.17) is 0 Å². The molecular formula is C20H31N3O.